The first-order valence-corrected chi connectivity index (χ1v) is 5.45. The molecular weight excluding hydrogens is 237 g/mol. The van der Waals surface area contributed by atoms with E-state index in [4.69, 9.17) is 10.5 Å². The van der Waals surface area contributed by atoms with Crippen molar-refractivity contribution in [2.45, 2.75) is 13.0 Å². The number of benzene rings is 1. The molecule has 7 heteroatoms. The van der Waals surface area contributed by atoms with E-state index in [1.54, 1.807) is 11.8 Å². The van der Waals surface area contributed by atoms with Gasteiger partial charge in [-0.1, -0.05) is 0 Å². The first-order valence-electron chi connectivity index (χ1n) is 5.45. The van der Waals surface area contributed by atoms with Gasteiger partial charge in [0.25, 0.3) is 0 Å². The van der Waals surface area contributed by atoms with Crippen LogP contribution in [0, 0.1) is 5.82 Å². The molecule has 2 rings (SSSR count). The van der Waals surface area contributed by atoms with E-state index in [-0.39, 0.29) is 11.9 Å². The molecule has 0 radical (unpaired) electrons. The number of hydrogen-bond acceptors (Lipinski definition) is 5. The van der Waals surface area contributed by atoms with Crippen molar-refractivity contribution in [3.8, 4) is 11.4 Å². The first kappa shape index (κ1) is 12.4. The van der Waals surface area contributed by atoms with Crippen molar-refractivity contribution < 1.29 is 9.13 Å². The Morgan fingerprint density at radius 2 is 2.28 bits per heavy atom. The number of ether oxygens (including phenoxy) is 1. The second-order valence-electron chi connectivity index (χ2n) is 3.98. The Hall–Kier alpha value is -2.02. The van der Waals surface area contributed by atoms with E-state index in [2.05, 4.69) is 15.5 Å². The molecule has 0 spiro atoms. The van der Waals surface area contributed by atoms with Crippen LogP contribution in [0.15, 0.2) is 18.2 Å². The maximum absolute atomic E-state index is 13.3. The number of halogens is 1. The topological polar surface area (TPSA) is 78.8 Å². The third kappa shape index (κ3) is 2.30. The van der Waals surface area contributed by atoms with Crippen molar-refractivity contribution in [2.75, 3.05) is 19.5 Å². The monoisotopic (exact) mass is 251 g/mol. The highest BCUT2D eigenvalue weighted by molar-refractivity contribution is 5.71. The van der Waals surface area contributed by atoms with Gasteiger partial charge in [0.1, 0.15) is 5.82 Å². The van der Waals surface area contributed by atoms with Gasteiger partial charge < -0.3 is 10.5 Å². The number of nitrogens with zero attached hydrogens (tertiary/aromatic N) is 4. The number of nitrogen functional groups attached to an aromatic ring is 1. The number of aromatic nitrogens is 4. The van der Waals surface area contributed by atoms with Gasteiger partial charge in [0.05, 0.1) is 12.6 Å². The lowest BCUT2D eigenvalue weighted by Crippen LogP contribution is -2.14. The molecule has 0 saturated carbocycles. The second-order valence-corrected chi connectivity index (χ2v) is 3.98. The third-order valence-electron chi connectivity index (χ3n) is 2.57. The van der Waals surface area contributed by atoms with Crippen LogP contribution in [0.3, 0.4) is 0 Å². The molecule has 96 valence electrons. The lowest BCUT2D eigenvalue weighted by Gasteiger charge is -2.13. The average molecular weight is 251 g/mol. The van der Waals surface area contributed by atoms with Crippen molar-refractivity contribution in [1.29, 1.82) is 0 Å². The molecule has 1 atom stereocenters. The van der Waals surface area contributed by atoms with Crippen LogP contribution >= 0.6 is 0 Å². The Morgan fingerprint density at radius 1 is 1.50 bits per heavy atom. The van der Waals surface area contributed by atoms with Gasteiger partial charge >= 0.3 is 0 Å². The summed E-state index contributed by atoms with van der Waals surface area (Å²) < 4.78 is 19.9. The normalized spacial score (nSPS) is 12.6. The van der Waals surface area contributed by atoms with Crippen LogP contribution in [0.2, 0.25) is 0 Å². The van der Waals surface area contributed by atoms with Crippen molar-refractivity contribution in [1.82, 2.24) is 20.2 Å². The SMILES string of the molecule is COCC(C)n1nnnc1-c1cc(F)ccc1N. The molecule has 6 nitrogen and oxygen atoms in total. The number of tetrazole rings is 1. The standard InChI is InChI=1S/C11H14FN5O/c1-7(6-18-2)17-11(14-15-16-17)9-5-8(12)3-4-10(9)13/h3-5,7H,6,13H2,1-2H3. The smallest absolute Gasteiger partial charge is 0.184 e. The largest absolute Gasteiger partial charge is 0.398 e. The van der Waals surface area contributed by atoms with Crippen molar-refractivity contribution in [3.63, 3.8) is 0 Å². The molecule has 1 heterocycles. The van der Waals surface area contributed by atoms with Crippen LogP contribution in [0.1, 0.15) is 13.0 Å². The van der Waals surface area contributed by atoms with Gasteiger partial charge in [0.2, 0.25) is 0 Å². The molecule has 0 aliphatic heterocycles. The van der Waals surface area contributed by atoms with E-state index in [1.807, 2.05) is 6.92 Å². The second kappa shape index (κ2) is 5.09. The molecule has 0 aliphatic rings. The highest BCUT2D eigenvalue weighted by Gasteiger charge is 2.17. The molecule has 1 unspecified atom stereocenters. The minimum atomic E-state index is -0.381. The predicted octanol–water partition coefficient (Wildman–Crippen LogP) is 1.27. The van der Waals surface area contributed by atoms with Crippen molar-refractivity contribution >= 4 is 5.69 Å². The molecule has 2 N–H and O–H groups in total. The van der Waals surface area contributed by atoms with Crippen LogP contribution in [0.25, 0.3) is 11.4 Å². The molecule has 0 amide bonds. The Kier molecular flexibility index (Phi) is 3.52. The molecule has 2 aromatic rings. The fraction of sp³-hybridized carbons (Fsp3) is 0.364. The Bertz CT molecular complexity index is 542. The van der Waals surface area contributed by atoms with Gasteiger partial charge in [0, 0.05) is 18.4 Å². The van der Waals surface area contributed by atoms with Crippen LogP contribution in [0.4, 0.5) is 10.1 Å². The fourth-order valence-corrected chi connectivity index (χ4v) is 1.70. The van der Waals surface area contributed by atoms with Gasteiger partial charge in [0.15, 0.2) is 5.82 Å². The number of anilines is 1. The number of nitrogens with two attached hydrogens (primary N) is 1. The third-order valence-corrected chi connectivity index (χ3v) is 2.57. The zero-order valence-corrected chi connectivity index (χ0v) is 10.2. The maximum atomic E-state index is 13.3. The van der Waals surface area contributed by atoms with E-state index in [0.717, 1.165) is 0 Å². The zero-order chi connectivity index (χ0) is 13.1. The van der Waals surface area contributed by atoms with E-state index >= 15 is 0 Å². The van der Waals surface area contributed by atoms with E-state index in [9.17, 15) is 4.39 Å². The molecule has 1 aromatic carbocycles. The molecule has 0 fully saturated rings. The fourth-order valence-electron chi connectivity index (χ4n) is 1.70. The molecule has 0 saturated heterocycles. The molecule has 0 bridgehead atoms. The summed E-state index contributed by atoms with van der Waals surface area (Å²) in [5.74, 6) is 0.0460. The van der Waals surface area contributed by atoms with Crippen LogP contribution in [0.5, 0.6) is 0 Å². The minimum absolute atomic E-state index is 0.0670. The summed E-state index contributed by atoms with van der Waals surface area (Å²) in [6.07, 6.45) is 0. The highest BCUT2D eigenvalue weighted by Crippen LogP contribution is 2.25. The number of rotatable bonds is 4. The lowest BCUT2D eigenvalue weighted by molar-refractivity contribution is 0.156. The summed E-state index contributed by atoms with van der Waals surface area (Å²) in [4.78, 5) is 0. The highest BCUT2D eigenvalue weighted by atomic mass is 19.1. The minimum Gasteiger partial charge on any atom is -0.398 e. The Labute approximate surface area is 104 Å². The van der Waals surface area contributed by atoms with Gasteiger partial charge in [-0.25, -0.2) is 9.07 Å². The predicted molar refractivity (Wildman–Crippen MR) is 64.2 cm³/mol. The van der Waals surface area contributed by atoms with Crippen LogP contribution < -0.4 is 5.73 Å². The quantitative estimate of drug-likeness (QED) is 0.828. The van der Waals surface area contributed by atoms with E-state index in [1.165, 1.54) is 18.2 Å². The summed E-state index contributed by atoms with van der Waals surface area (Å²) in [7, 11) is 1.59. The van der Waals surface area contributed by atoms with Gasteiger partial charge in [-0.3, -0.25) is 0 Å². The summed E-state index contributed by atoms with van der Waals surface area (Å²) in [5.41, 5.74) is 6.72. The van der Waals surface area contributed by atoms with Gasteiger partial charge in [-0.2, -0.15) is 0 Å². The average Bonchev–Trinajstić information content (AvgIpc) is 2.81. The van der Waals surface area contributed by atoms with Crippen molar-refractivity contribution in [2.24, 2.45) is 0 Å². The Morgan fingerprint density at radius 3 is 3.00 bits per heavy atom. The molecular formula is C11H14FN5O. The van der Waals surface area contributed by atoms with Crippen LogP contribution in [-0.4, -0.2) is 33.9 Å². The summed E-state index contributed by atoms with van der Waals surface area (Å²) in [5, 5.41) is 11.4. The van der Waals surface area contributed by atoms with Gasteiger partial charge in [-0.05, 0) is 35.5 Å². The summed E-state index contributed by atoms with van der Waals surface area (Å²) >= 11 is 0. The Balaban J connectivity index is 2.45. The number of hydrogen-bond donors (Lipinski definition) is 1. The van der Waals surface area contributed by atoms with E-state index < -0.39 is 0 Å². The summed E-state index contributed by atoms with van der Waals surface area (Å²) in [6.45, 7) is 2.35. The zero-order valence-electron chi connectivity index (χ0n) is 10.2. The van der Waals surface area contributed by atoms with Crippen molar-refractivity contribution in [3.05, 3.63) is 24.0 Å². The lowest BCUT2D eigenvalue weighted by atomic mass is 10.1. The first-order chi connectivity index (χ1) is 8.63. The molecule has 1 aromatic heterocycles. The molecule has 0 aliphatic carbocycles. The van der Waals surface area contributed by atoms with E-state index in [0.29, 0.717) is 23.7 Å². The number of methoxy groups -OCH3 is 1. The van der Waals surface area contributed by atoms with Gasteiger partial charge in [-0.15, -0.1) is 5.10 Å². The molecule has 18 heavy (non-hydrogen) atoms. The summed E-state index contributed by atoms with van der Waals surface area (Å²) in [6, 6.07) is 4.04. The maximum Gasteiger partial charge on any atom is 0.184 e. The van der Waals surface area contributed by atoms with Crippen LogP contribution in [-0.2, 0) is 4.74 Å².